The van der Waals surface area contributed by atoms with E-state index in [9.17, 15) is 0 Å². The fourth-order valence-electron chi connectivity index (χ4n) is 5.40. The van der Waals surface area contributed by atoms with Crippen molar-refractivity contribution < 1.29 is 0 Å². The van der Waals surface area contributed by atoms with Crippen molar-refractivity contribution >= 4 is 55.0 Å². The Morgan fingerprint density at radius 1 is 0.447 bits per heavy atom. The van der Waals surface area contributed by atoms with Crippen LogP contribution in [0.1, 0.15) is 35.1 Å². The lowest BCUT2D eigenvalue weighted by Gasteiger charge is -2.16. The Morgan fingerprint density at radius 3 is 1.03 bits per heavy atom. The van der Waals surface area contributed by atoms with Crippen molar-refractivity contribution in [2.45, 2.75) is 40.5 Å². The van der Waals surface area contributed by atoms with Gasteiger partial charge in [-0.15, -0.1) is 0 Å². The van der Waals surface area contributed by atoms with E-state index in [4.69, 9.17) is 9.97 Å². The number of aromatic nitrogens is 2. The molecule has 2 aromatic heterocycles. The second-order valence-corrected chi connectivity index (χ2v) is 10.6. The average Bonchev–Trinajstić information content (AvgIpc) is 2.90. The molecule has 0 atom stereocenters. The summed E-state index contributed by atoms with van der Waals surface area (Å²) < 4.78 is 0. The van der Waals surface area contributed by atoms with E-state index >= 15 is 0 Å². The lowest BCUT2D eigenvalue weighted by Crippen LogP contribution is -2.08. The van der Waals surface area contributed by atoms with Crippen LogP contribution in [0.3, 0.4) is 0 Å². The molecule has 0 aliphatic carbocycles. The topological polar surface area (TPSA) is 49.8 Å². The summed E-state index contributed by atoms with van der Waals surface area (Å²) in [6.45, 7) is 10.4. The fourth-order valence-corrected chi connectivity index (χ4v) is 5.40. The molecule has 0 saturated heterocycles. The summed E-state index contributed by atoms with van der Waals surface area (Å²) in [6, 6.07) is 26.1. The van der Waals surface area contributed by atoms with Crippen LogP contribution in [0.2, 0.25) is 0 Å². The molecule has 2 heterocycles. The summed E-state index contributed by atoms with van der Waals surface area (Å²) in [7, 11) is 0. The first-order valence-electron chi connectivity index (χ1n) is 13.6. The molecule has 0 spiro atoms. The zero-order chi connectivity index (χ0) is 26.2. The third-order valence-corrected chi connectivity index (χ3v) is 7.37. The zero-order valence-corrected chi connectivity index (χ0v) is 22.7. The van der Waals surface area contributed by atoms with Gasteiger partial charge in [0.1, 0.15) is 0 Å². The highest BCUT2D eigenvalue weighted by molar-refractivity contribution is 6.08. The van der Waals surface area contributed by atoms with E-state index in [1.807, 2.05) is 0 Å². The SMILES string of the molecule is Cc1ccc2nc3ccc(C)cc3c(NCCCCNc3c4cc(C)ccc4nc4ccc(C)cc34)c2c1. The zero-order valence-electron chi connectivity index (χ0n) is 22.7. The molecule has 4 nitrogen and oxygen atoms in total. The lowest BCUT2D eigenvalue weighted by molar-refractivity contribution is 0.797. The van der Waals surface area contributed by atoms with Gasteiger partial charge in [-0.25, -0.2) is 9.97 Å². The molecule has 6 aromatic rings. The van der Waals surface area contributed by atoms with E-state index in [1.165, 1.54) is 55.2 Å². The minimum atomic E-state index is 0.911. The minimum Gasteiger partial charge on any atom is -0.384 e. The number of nitrogens with one attached hydrogen (secondary N) is 2. The number of fused-ring (bicyclic) bond motifs is 4. The standard InChI is InChI=1S/C34H34N4/c1-21-7-11-29-25(17-21)33(26-18-22(2)8-12-30(26)37-29)35-15-5-6-16-36-34-27-19-23(3)9-13-31(27)38-32-14-10-24(4)20-28(32)34/h7-14,17-20H,5-6,15-16H2,1-4H3,(H,35,37)(H,36,38). The number of pyridine rings is 2. The number of nitrogens with zero attached hydrogens (tertiary/aromatic N) is 2. The summed E-state index contributed by atoms with van der Waals surface area (Å²) in [5, 5.41) is 12.3. The van der Waals surface area contributed by atoms with E-state index in [0.29, 0.717) is 0 Å². The average molecular weight is 499 g/mol. The van der Waals surface area contributed by atoms with Gasteiger partial charge in [0.15, 0.2) is 0 Å². The van der Waals surface area contributed by atoms with E-state index in [-0.39, 0.29) is 0 Å². The third kappa shape index (κ3) is 4.63. The predicted molar refractivity (Wildman–Crippen MR) is 164 cm³/mol. The molecule has 0 amide bonds. The minimum absolute atomic E-state index is 0.911. The first-order chi connectivity index (χ1) is 18.5. The Morgan fingerprint density at radius 2 is 0.737 bits per heavy atom. The smallest absolute Gasteiger partial charge is 0.0730 e. The Kier molecular flexibility index (Phi) is 6.32. The van der Waals surface area contributed by atoms with Gasteiger partial charge in [-0.3, -0.25) is 0 Å². The Balaban J connectivity index is 1.21. The maximum Gasteiger partial charge on any atom is 0.0730 e. The van der Waals surface area contributed by atoms with Gasteiger partial charge in [0.05, 0.1) is 33.4 Å². The molecule has 0 bridgehead atoms. The van der Waals surface area contributed by atoms with E-state index in [1.54, 1.807) is 0 Å². The molecule has 0 fully saturated rings. The molecule has 0 unspecified atom stereocenters. The van der Waals surface area contributed by atoms with Crippen LogP contribution in [0.4, 0.5) is 11.4 Å². The monoisotopic (exact) mass is 498 g/mol. The normalized spacial score (nSPS) is 11.6. The van der Waals surface area contributed by atoms with Gasteiger partial charge in [0, 0.05) is 34.6 Å². The van der Waals surface area contributed by atoms with Crippen LogP contribution in [-0.4, -0.2) is 23.1 Å². The molecule has 190 valence electrons. The van der Waals surface area contributed by atoms with Crippen molar-refractivity contribution in [3.8, 4) is 0 Å². The summed E-state index contributed by atoms with van der Waals surface area (Å²) in [4.78, 5) is 9.84. The third-order valence-electron chi connectivity index (χ3n) is 7.37. The van der Waals surface area contributed by atoms with Gasteiger partial charge in [0.2, 0.25) is 0 Å². The molecule has 0 aliphatic heterocycles. The van der Waals surface area contributed by atoms with Crippen LogP contribution in [0.5, 0.6) is 0 Å². The summed E-state index contributed by atoms with van der Waals surface area (Å²) >= 11 is 0. The molecule has 0 radical (unpaired) electrons. The largest absolute Gasteiger partial charge is 0.384 e. The Hall–Kier alpha value is -4.18. The molecule has 4 heteroatoms. The van der Waals surface area contributed by atoms with Crippen LogP contribution < -0.4 is 10.6 Å². The summed E-state index contributed by atoms with van der Waals surface area (Å²) in [6.07, 6.45) is 2.13. The van der Waals surface area contributed by atoms with Gasteiger partial charge in [0.25, 0.3) is 0 Å². The fraction of sp³-hybridized carbons (Fsp3) is 0.235. The van der Waals surface area contributed by atoms with E-state index in [0.717, 1.165) is 48.0 Å². The van der Waals surface area contributed by atoms with Crippen molar-refractivity contribution in [3.05, 3.63) is 95.1 Å². The summed E-state index contributed by atoms with van der Waals surface area (Å²) in [5.41, 5.74) is 11.6. The molecular weight excluding hydrogens is 464 g/mol. The molecule has 2 N–H and O–H groups in total. The highest BCUT2D eigenvalue weighted by Gasteiger charge is 2.11. The van der Waals surface area contributed by atoms with Crippen molar-refractivity contribution in [3.63, 3.8) is 0 Å². The van der Waals surface area contributed by atoms with Crippen LogP contribution >= 0.6 is 0 Å². The van der Waals surface area contributed by atoms with Gasteiger partial charge in [-0.2, -0.15) is 0 Å². The quantitative estimate of drug-likeness (QED) is 0.171. The first kappa shape index (κ1) is 24.2. The van der Waals surface area contributed by atoms with Gasteiger partial charge in [-0.05, 0) is 89.1 Å². The molecule has 0 saturated carbocycles. The van der Waals surface area contributed by atoms with Crippen molar-refractivity contribution in [1.29, 1.82) is 0 Å². The number of aryl methyl sites for hydroxylation is 4. The maximum absolute atomic E-state index is 4.92. The highest BCUT2D eigenvalue weighted by Crippen LogP contribution is 2.33. The number of unbranched alkanes of at least 4 members (excludes halogenated alkanes) is 1. The number of hydrogen-bond acceptors (Lipinski definition) is 4. The molecule has 0 aliphatic rings. The Labute approximate surface area is 224 Å². The van der Waals surface area contributed by atoms with Crippen LogP contribution in [-0.2, 0) is 0 Å². The lowest BCUT2D eigenvalue weighted by atomic mass is 10.0. The molecule has 4 aromatic carbocycles. The second-order valence-electron chi connectivity index (χ2n) is 10.6. The second kappa shape index (κ2) is 9.94. The molecule has 38 heavy (non-hydrogen) atoms. The number of rotatable bonds is 7. The number of hydrogen-bond donors (Lipinski definition) is 2. The number of benzene rings is 4. The van der Waals surface area contributed by atoms with Gasteiger partial charge in [-0.1, -0.05) is 46.5 Å². The summed E-state index contributed by atoms with van der Waals surface area (Å²) in [5.74, 6) is 0. The maximum atomic E-state index is 4.92. The molecule has 6 rings (SSSR count). The molecular formula is C34H34N4. The van der Waals surface area contributed by atoms with Crippen molar-refractivity contribution in [1.82, 2.24) is 9.97 Å². The van der Waals surface area contributed by atoms with E-state index < -0.39 is 0 Å². The van der Waals surface area contributed by atoms with Gasteiger partial charge >= 0.3 is 0 Å². The highest BCUT2D eigenvalue weighted by atomic mass is 14.9. The van der Waals surface area contributed by atoms with Crippen LogP contribution in [0, 0.1) is 27.7 Å². The van der Waals surface area contributed by atoms with Crippen molar-refractivity contribution in [2.75, 3.05) is 23.7 Å². The van der Waals surface area contributed by atoms with E-state index in [2.05, 4.69) is 111 Å². The van der Waals surface area contributed by atoms with Crippen LogP contribution in [0.25, 0.3) is 43.6 Å². The predicted octanol–water partition coefficient (Wildman–Crippen LogP) is 8.63. The Bertz CT molecular complexity index is 1560. The first-order valence-corrected chi connectivity index (χ1v) is 13.6. The van der Waals surface area contributed by atoms with Crippen molar-refractivity contribution in [2.24, 2.45) is 0 Å². The van der Waals surface area contributed by atoms with Gasteiger partial charge < -0.3 is 10.6 Å². The number of anilines is 2. The van der Waals surface area contributed by atoms with Crippen LogP contribution in [0.15, 0.2) is 72.8 Å².